The van der Waals surface area contributed by atoms with Crippen LogP contribution in [0.15, 0.2) is 17.2 Å². The third-order valence-corrected chi connectivity index (χ3v) is 1.69. The van der Waals surface area contributed by atoms with E-state index in [1.54, 1.807) is 0 Å². The van der Waals surface area contributed by atoms with Crippen molar-refractivity contribution in [3.8, 4) is 0 Å². The van der Waals surface area contributed by atoms with Gasteiger partial charge in [-0.05, 0) is 13.3 Å². The minimum absolute atomic E-state index is 0.0480. The molecule has 0 N–H and O–H groups in total. The van der Waals surface area contributed by atoms with Crippen molar-refractivity contribution in [2.24, 2.45) is 0 Å². The first-order valence-corrected chi connectivity index (χ1v) is 4.18. The second-order valence-electron chi connectivity index (χ2n) is 2.90. The van der Waals surface area contributed by atoms with Gasteiger partial charge in [0.05, 0.1) is 12.9 Å². The van der Waals surface area contributed by atoms with Crippen molar-refractivity contribution < 1.29 is 4.79 Å². The van der Waals surface area contributed by atoms with Crippen LogP contribution < -0.4 is 5.56 Å². The molecule has 0 saturated heterocycles. The Bertz CT molecular complexity index is 368. The SMILES string of the molecule is CCc1cc(=O)n(CC(C)=O)cn1. The number of hydrogen-bond donors (Lipinski definition) is 0. The minimum Gasteiger partial charge on any atom is -0.298 e. The van der Waals surface area contributed by atoms with Crippen molar-refractivity contribution in [2.45, 2.75) is 26.8 Å². The zero-order valence-electron chi connectivity index (χ0n) is 7.78. The summed E-state index contributed by atoms with van der Waals surface area (Å²) in [5.41, 5.74) is 0.590. The quantitative estimate of drug-likeness (QED) is 0.676. The van der Waals surface area contributed by atoms with Gasteiger partial charge in [0, 0.05) is 11.8 Å². The lowest BCUT2D eigenvalue weighted by Gasteiger charge is -2.01. The Hall–Kier alpha value is -1.45. The van der Waals surface area contributed by atoms with Gasteiger partial charge in [0.25, 0.3) is 5.56 Å². The summed E-state index contributed by atoms with van der Waals surface area (Å²) in [6, 6.07) is 1.46. The van der Waals surface area contributed by atoms with Crippen LogP contribution in [-0.2, 0) is 17.8 Å². The topological polar surface area (TPSA) is 52.0 Å². The summed E-state index contributed by atoms with van der Waals surface area (Å²) in [6.07, 6.45) is 2.15. The van der Waals surface area contributed by atoms with E-state index in [1.807, 2.05) is 6.92 Å². The fourth-order valence-corrected chi connectivity index (χ4v) is 1.02. The molecule has 0 atom stereocenters. The lowest BCUT2D eigenvalue weighted by molar-refractivity contribution is -0.117. The Morgan fingerprint density at radius 2 is 2.31 bits per heavy atom. The lowest BCUT2D eigenvalue weighted by atomic mass is 10.3. The van der Waals surface area contributed by atoms with E-state index < -0.39 is 0 Å². The van der Waals surface area contributed by atoms with Gasteiger partial charge in [-0.3, -0.25) is 14.2 Å². The van der Waals surface area contributed by atoms with Crippen molar-refractivity contribution in [2.75, 3.05) is 0 Å². The average molecular weight is 180 g/mol. The molecule has 4 heteroatoms. The van der Waals surface area contributed by atoms with E-state index in [1.165, 1.54) is 23.9 Å². The fourth-order valence-electron chi connectivity index (χ4n) is 1.02. The molecule has 0 aliphatic heterocycles. The Kier molecular flexibility index (Phi) is 2.95. The molecule has 1 aromatic heterocycles. The van der Waals surface area contributed by atoms with Crippen LogP contribution in [0.4, 0.5) is 0 Å². The van der Waals surface area contributed by atoms with Crippen LogP contribution in [0.2, 0.25) is 0 Å². The summed E-state index contributed by atoms with van der Waals surface area (Å²) >= 11 is 0. The monoisotopic (exact) mass is 180 g/mol. The molecule has 1 heterocycles. The van der Waals surface area contributed by atoms with Gasteiger partial charge in [-0.25, -0.2) is 4.98 Å². The average Bonchev–Trinajstić information content (AvgIpc) is 2.08. The molecular formula is C9H12N2O2. The van der Waals surface area contributed by atoms with E-state index in [4.69, 9.17) is 0 Å². The summed E-state index contributed by atoms with van der Waals surface area (Å²) in [5.74, 6) is -0.0480. The number of nitrogens with zero attached hydrogens (tertiary/aromatic N) is 2. The fraction of sp³-hybridized carbons (Fsp3) is 0.444. The van der Waals surface area contributed by atoms with Gasteiger partial charge in [-0.2, -0.15) is 0 Å². The zero-order valence-corrected chi connectivity index (χ0v) is 7.78. The van der Waals surface area contributed by atoms with Gasteiger partial charge in [0.2, 0.25) is 0 Å². The maximum Gasteiger partial charge on any atom is 0.253 e. The van der Waals surface area contributed by atoms with E-state index >= 15 is 0 Å². The van der Waals surface area contributed by atoms with Crippen LogP contribution in [0.25, 0.3) is 0 Å². The number of carbonyl (C=O) groups excluding carboxylic acids is 1. The molecule has 0 spiro atoms. The Morgan fingerprint density at radius 1 is 1.62 bits per heavy atom. The molecular weight excluding hydrogens is 168 g/mol. The molecule has 0 aliphatic carbocycles. The zero-order chi connectivity index (χ0) is 9.84. The lowest BCUT2D eigenvalue weighted by Crippen LogP contribution is -2.23. The van der Waals surface area contributed by atoms with Crippen LogP contribution in [0.5, 0.6) is 0 Å². The first-order chi connectivity index (χ1) is 6.13. The molecule has 0 bridgehead atoms. The van der Waals surface area contributed by atoms with Crippen molar-refractivity contribution in [3.05, 3.63) is 28.4 Å². The number of Topliss-reactive ketones (excluding diaryl/α,β-unsaturated/α-hetero) is 1. The largest absolute Gasteiger partial charge is 0.298 e. The maximum absolute atomic E-state index is 11.3. The van der Waals surface area contributed by atoms with Crippen LogP contribution in [0, 0.1) is 0 Å². The summed E-state index contributed by atoms with van der Waals surface area (Å²) in [6.45, 7) is 3.48. The van der Waals surface area contributed by atoms with E-state index in [0.717, 1.165) is 12.1 Å². The van der Waals surface area contributed by atoms with Crippen LogP contribution in [-0.4, -0.2) is 15.3 Å². The number of carbonyl (C=O) groups is 1. The van der Waals surface area contributed by atoms with Gasteiger partial charge >= 0.3 is 0 Å². The molecule has 0 radical (unpaired) electrons. The van der Waals surface area contributed by atoms with E-state index in [0.29, 0.717) is 0 Å². The standard InChI is InChI=1S/C9H12N2O2/c1-3-8-4-9(13)11(6-10-8)5-7(2)12/h4,6H,3,5H2,1-2H3. The maximum atomic E-state index is 11.3. The van der Waals surface area contributed by atoms with Gasteiger partial charge in [-0.15, -0.1) is 0 Å². The van der Waals surface area contributed by atoms with Crippen molar-refractivity contribution >= 4 is 5.78 Å². The highest BCUT2D eigenvalue weighted by atomic mass is 16.1. The predicted octanol–water partition coefficient (Wildman–Crippen LogP) is 0.395. The molecule has 0 saturated carbocycles. The molecule has 0 aromatic carbocycles. The molecule has 0 amide bonds. The smallest absolute Gasteiger partial charge is 0.253 e. The van der Waals surface area contributed by atoms with Crippen molar-refractivity contribution in [1.82, 2.24) is 9.55 Å². The van der Waals surface area contributed by atoms with Crippen molar-refractivity contribution in [3.63, 3.8) is 0 Å². The molecule has 0 fully saturated rings. The minimum atomic E-state index is -0.165. The number of rotatable bonds is 3. The van der Waals surface area contributed by atoms with Gasteiger partial charge in [0.1, 0.15) is 5.78 Å². The Labute approximate surface area is 76.2 Å². The van der Waals surface area contributed by atoms with Crippen LogP contribution >= 0.6 is 0 Å². The first kappa shape index (κ1) is 9.64. The van der Waals surface area contributed by atoms with Crippen LogP contribution in [0.3, 0.4) is 0 Å². The van der Waals surface area contributed by atoms with E-state index in [2.05, 4.69) is 4.98 Å². The Morgan fingerprint density at radius 3 is 2.77 bits per heavy atom. The van der Waals surface area contributed by atoms with E-state index in [-0.39, 0.29) is 17.9 Å². The molecule has 0 unspecified atom stereocenters. The molecule has 0 aliphatic rings. The number of hydrogen-bond acceptors (Lipinski definition) is 3. The highest BCUT2D eigenvalue weighted by Crippen LogP contribution is 1.89. The molecule has 70 valence electrons. The number of aromatic nitrogens is 2. The van der Waals surface area contributed by atoms with Gasteiger partial charge < -0.3 is 0 Å². The van der Waals surface area contributed by atoms with Crippen molar-refractivity contribution in [1.29, 1.82) is 0 Å². The summed E-state index contributed by atoms with van der Waals surface area (Å²) in [5, 5.41) is 0. The normalized spacial score (nSPS) is 10.0. The first-order valence-electron chi connectivity index (χ1n) is 4.18. The highest BCUT2D eigenvalue weighted by Gasteiger charge is 2.00. The van der Waals surface area contributed by atoms with Gasteiger partial charge in [-0.1, -0.05) is 6.92 Å². The molecule has 1 aromatic rings. The molecule has 13 heavy (non-hydrogen) atoms. The third-order valence-electron chi connectivity index (χ3n) is 1.69. The second kappa shape index (κ2) is 3.98. The van der Waals surface area contributed by atoms with Crippen LogP contribution in [0.1, 0.15) is 19.5 Å². The number of aryl methyl sites for hydroxylation is 1. The van der Waals surface area contributed by atoms with Gasteiger partial charge in [0.15, 0.2) is 0 Å². The third kappa shape index (κ3) is 2.50. The molecule has 1 rings (SSSR count). The summed E-state index contributed by atoms with van der Waals surface area (Å²) < 4.78 is 1.31. The number of ketones is 1. The van der Waals surface area contributed by atoms with E-state index in [9.17, 15) is 9.59 Å². The summed E-state index contributed by atoms with van der Waals surface area (Å²) in [7, 11) is 0. The Balaban J connectivity index is 2.99. The second-order valence-corrected chi connectivity index (χ2v) is 2.90. The summed E-state index contributed by atoms with van der Waals surface area (Å²) in [4.78, 5) is 26.1. The predicted molar refractivity (Wildman–Crippen MR) is 48.6 cm³/mol. The molecule has 4 nitrogen and oxygen atoms in total. The highest BCUT2D eigenvalue weighted by molar-refractivity contribution is 5.75.